The Morgan fingerprint density at radius 1 is 0.882 bits per heavy atom. The van der Waals surface area contributed by atoms with Crippen molar-refractivity contribution in [3.8, 4) is 0 Å². The van der Waals surface area contributed by atoms with Crippen molar-refractivity contribution in [2.45, 2.75) is 38.8 Å². The summed E-state index contributed by atoms with van der Waals surface area (Å²) in [4.78, 5) is 20.5. The SMILES string of the molecule is CC(C)(CNCNCC(C)(C)[N+](=O)[O-])[N+](=O)[O-]. The second-order valence-electron chi connectivity index (χ2n) is 5.17. The maximum atomic E-state index is 10.6. The van der Waals surface area contributed by atoms with Gasteiger partial charge >= 0.3 is 0 Å². The fraction of sp³-hybridized carbons (Fsp3) is 1.00. The highest BCUT2D eigenvalue weighted by atomic mass is 16.6. The van der Waals surface area contributed by atoms with E-state index in [-0.39, 0.29) is 22.9 Å². The molecule has 0 aromatic rings. The summed E-state index contributed by atoms with van der Waals surface area (Å²) in [7, 11) is 0. The maximum absolute atomic E-state index is 10.6. The monoisotopic (exact) mass is 248 g/mol. The molecule has 0 saturated heterocycles. The summed E-state index contributed by atoms with van der Waals surface area (Å²) in [6.45, 7) is 6.76. The van der Waals surface area contributed by atoms with Gasteiger partial charge in [0.15, 0.2) is 0 Å². The summed E-state index contributed by atoms with van der Waals surface area (Å²) >= 11 is 0. The number of nitrogens with zero attached hydrogens (tertiary/aromatic N) is 2. The fourth-order valence-electron chi connectivity index (χ4n) is 0.954. The van der Waals surface area contributed by atoms with Crippen LogP contribution in [-0.2, 0) is 0 Å². The molecule has 0 aliphatic heterocycles. The van der Waals surface area contributed by atoms with Crippen LogP contribution in [0.3, 0.4) is 0 Å². The number of nitrogens with one attached hydrogen (secondary N) is 2. The van der Waals surface area contributed by atoms with Crippen LogP contribution < -0.4 is 10.6 Å². The van der Waals surface area contributed by atoms with Gasteiger partial charge in [-0.1, -0.05) is 0 Å². The van der Waals surface area contributed by atoms with Gasteiger partial charge in [0.2, 0.25) is 11.1 Å². The molecule has 0 unspecified atom stereocenters. The van der Waals surface area contributed by atoms with Crippen molar-refractivity contribution in [2.24, 2.45) is 0 Å². The van der Waals surface area contributed by atoms with Crippen molar-refractivity contribution < 1.29 is 9.85 Å². The molecule has 0 aromatic carbocycles. The minimum Gasteiger partial charge on any atom is -0.298 e. The van der Waals surface area contributed by atoms with E-state index in [2.05, 4.69) is 10.6 Å². The van der Waals surface area contributed by atoms with E-state index < -0.39 is 11.1 Å². The largest absolute Gasteiger partial charge is 0.298 e. The summed E-state index contributed by atoms with van der Waals surface area (Å²) in [5.74, 6) is 0. The molecule has 2 N–H and O–H groups in total. The van der Waals surface area contributed by atoms with Gasteiger partial charge in [-0.3, -0.25) is 30.9 Å². The average molecular weight is 248 g/mol. The molecule has 0 radical (unpaired) electrons. The fourth-order valence-corrected chi connectivity index (χ4v) is 0.954. The number of hydrogen-bond donors (Lipinski definition) is 2. The average Bonchev–Trinajstić information content (AvgIpc) is 2.16. The zero-order valence-corrected chi connectivity index (χ0v) is 10.6. The van der Waals surface area contributed by atoms with Crippen LogP contribution in [0.4, 0.5) is 0 Å². The van der Waals surface area contributed by atoms with E-state index in [0.717, 1.165) is 0 Å². The number of rotatable bonds is 8. The van der Waals surface area contributed by atoms with E-state index >= 15 is 0 Å². The standard InChI is InChI=1S/C9H20N4O4/c1-8(2,12(14)15)5-10-7-11-6-9(3,4)13(16)17/h10-11H,5-7H2,1-4H3. The Balaban J connectivity index is 3.81. The first-order chi connectivity index (χ1) is 7.59. The molecule has 0 aromatic heterocycles. The van der Waals surface area contributed by atoms with Gasteiger partial charge in [-0.05, 0) is 0 Å². The van der Waals surface area contributed by atoms with E-state index in [1.165, 1.54) is 27.7 Å². The summed E-state index contributed by atoms with van der Waals surface area (Å²) in [6.07, 6.45) is 0. The molecule has 8 nitrogen and oxygen atoms in total. The predicted molar refractivity (Wildman–Crippen MR) is 63.0 cm³/mol. The lowest BCUT2D eigenvalue weighted by molar-refractivity contribution is -0.558. The van der Waals surface area contributed by atoms with E-state index in [9.17, 15) is 20.2 Å². The molecule has 0 spiro atoms. The van der Waals surface area contributed by atoms with Gasteiger partial charge in [0.1, 0.15) is 0 Å². The molecule has 0 fully saturated rings. The van der Waals surface area contributed by atoms with Gasteiger partial charge in [-0.15, -0.1) is 0 Å². The quantitative estimate of drug-likeness (QED) is 0.275. The molecule has 0 amide bonds. The molecule has 0 bridgehead atoms. The smallest absolute Gasteiger partial charge is 0.229 e. The molecule has 0 aliphatic rings. The van der Waals surface area contributed by atoms with Crippen LogP contribution in [0.15, 0.2) is 0 Å². The molecule has 17 heavy (non-hydrogen) atoms. The summed E-state index contributed by atoms with van der Waals surface area (Å²) in [5.41, 5.74) is -2.08. The van der Waals surface area contributed by atoms with E-state index in [0.29, 0.717) is 6.67 Å². The third-order valence-electron chi connectivity index (χ3n) is 2.35. The minimum atomic E-state index is -1.04. The summed E-state index contributed by atoms with van der Waals surface area (Å²) in [6, 6.07) is 0. The van der Waals surface area contributed by atoms with E-state index in [1.54, 1.807) is 0 Å². The summed E-state index contributed by atoms with van der Waals surface area (Å²) in [5, 5.41) is 26.9. The highest BCUT2D eigenvalue weighted by molar-refractivity contribution is 4.72. The predicted octanol–water partition coefficient (Wildman–Crippen LogP) is 0.234. The Kier molecular flexibility index (Phi) is 5.43. The zero-order chi connectivity index (χ0) is 13.7. The molecule has 100 valence electrons. The van der Waals surface area contributed by atoms with Crippen molar-refractivity contribution in [1.82, 2.24) is 10.6 Å². The second kappa shape index (κ2) is 5.87. The van der Waals surface area contributed by atoms with E-state index in [4.69, 9.17) is 0 Å². The van der Waals surface area contributed by atoms with Gasteiger partial charge in [-0.25, -0.2) is 0 Å². The maximum Gasteiger partial charge on any atom is 0.229 e. The first-order valence-corrected chi connectivity index (χ1v) is 5.30. The zero-order valence-electron chi connectivity index (χ0n) is 10.6. The molecule has 0 saturated carbocycles. The third-order valence-corrected chi connectivity index (χ3v) is 2.35. The first kappa shape index (κ1) is 15.7. The van der Waals surface area contributed by atoms with Gasteiger partial charge in [0.05, 0.1) is 13.1 Å². The molecule has 0 rings (SSSR count). The highest BCUT2D eigenvalue weighted by Gasteiger charge is 2.31. The Bertz CT molecular complexity index is 263. The van der Waals surface area contributed by atoms with Crippen molar-refractivity contribution in [3.05, 3.63) is 20.2 Å². The highest BCUT2D eigenvalue weighted by Crippen LogP contribution is 2.05. The van der Waals surface area contributed by atoms with Crippen LogP contribution in [-0.4, -0.2) is 40.7 Å². The molecule has 8 heteroatoms. The van der Waals surface area contributed by atoms with Gasteiger partial charge in [-0.2, -0.15) is 0 Å². The first-order valence-electron chi connectivity index (χ1n) is 5.30. The van der Waals surface area contributed by atoms with Gasteiger partial charge in [0, 0.05) is 44.2 Å². The van der Waals surface area contributed by atoms with Gasteiger partial charge in [0.25, 0.3) is 0 Å². The van der Waals surface area contributed by atoms with Crippen molar-refractivity contribution >= 4 is 0 Å². The molecule has 0 heterocycles. The molecular formula is C9H20N4O4. The molecule has 0 aliphatic carbocycles. The Morgan fingerprint density at radius 2 is 1.18 bits per heavy atom. The van der Waals surface area contributed by atoms with Crippen LogP contribution in [0.25, 0.3) is 0 Å². The topological polar surface area (TPSA) is 110 Å². The normalized spacial score (nSPS) is 12.5. The van der Waals surface area contributed by atoms with E-state index in [1.807, 2.05) is 0 Å². The van der Waals surface area contributed by atoms with Crippen LogP contribution in [0, 0.1) is 20.2 Å². The minimum absolute atomic E-state index is 0.200. The van der Waals surface area contributed by atoms with Gasteiger partial charge < -0.3 is 0 Å². The van der Waals surface area contributed by atoms with Crippen LogP contribution in [0.2, 0.25) is 0 Å². The number of nitro groups is 2. The number of hydrogen-bond acceptors (Lipinski definition) is 6. The lowest BCUT2D eigenvalue weighted by atomic mass is 10.1. The Labute approximate surface area is 100 Å². The van der Waals surface area contributed by atoms with Crippen molar-refractivity contribution in [2.75, 3.05) is 19.8 Å². The van der Waals surface area contributed by atoms with Crippen LogP contribution >= 0.6 is 0 Å². The van der Waals surface area contributed by atoms with Crippen LogP contribution in [0.5, 0.6) is 0 Å². The second-order valence-corrected chi connectivity index (χ2v) is 5.17. The third kappa shape index (κ3) is 5.55. The lowest BCUT2D eigenvalue weighted by Crippen LogP contribution is -2.48. The molecule has 0 atom stereocenters. The Hall–Kier alpha value is -1.28. The van der Waals surface area contributed by atoms with Crippen molar-refractivity contribution in [3.63, 3.8) is 0 Å². The summed E-state index contributed by atoms with van der Waals surface area (Å²) < 4.78 is 0. The van der Waals surface area contributed by atoms with Crippen LogP contribution in [0.1, 0.15) is 27.7 Å². The molecular weight excluding hydrogens is 228 g/mol. The lowest BCUT2D eigenvalue weighted by Gasteiger charge is -2.18. The van der Waals surface area contributed by atoms with Crippen molar-refractivity contribution in [1.29, 1.82) is 0 Å². The Morgan fingerprint density at radius 3 is 1.41 bits per heavy atom.